The van der Waals surface area contributed by atoms with Crippen molar-refractivity contribution in [2.75, 3.05) is 20.3 Å². The molecule has 0 saturated heterocycles. The first-order valence-electron chi connectivity index (χ1n) is 6.52. The van der Waals surface area contributed by atoms with E-state index in [1.807, 2.05) is 6.92 Å². The third-order valence-corrected chi connectivity index (χ3v) is 3.18. The molecule has 0 aliphatic heterocycles. The Balaban J connectivity index is 2.93. The summed E-state index contributed by atoms with van der Waals surface area (Å²) in [6.07, 6.45) is 0. The van der Waals surface area contributed by atoms with Crippen LogP contribution in [0.4, 0.5) is 4.39 Å². The van der Waals surface area contributed by atoms with Gasteiger partial charge in [0, 0.05) is 25.3 Å². The number of halogens is 1. The van der Waals surface area contributed by atoms with Crippen LogP contribution in [-0.2, 0) is 11.3 Å². The fourth-order valence-electron chi connectivity index (χ4n) is 2.11. The molecule has 0 aliphatic rings. The molecule has 1 unspecified atom stereocenters. The molecule has 0 aromatic heterocycles. The van der Waals surface area contributed by atoms with Crippen molar-refractivity contribution in [1.29, 1.82) is 0 Å². The highest BCUT2D eigenvalue weighted by molar-refractivity contribution is 5.97. The third-order valence-electron chi connectivity index (χ3n) is 3.18. The lowest BCUT2D eigenvalue weighted by Gasteiger charge is -2.27. The van der Waals surface area contributed by atoms with Gasteiger partial charge in [-0.15, -0.1) is 0 Å². The molecule has 3 N–H and O–H groups in total. The SMILES string of the molecule is CCN(Cc1cc(F)cc(/C(N)=N/O)c1)C(C)COC. The Labute approximate surface area is 118 Å². The van der Waals surface area contributed by atoms with Gasteiger partial charge in [-0.25, -0.2) is 4.39 Å². The predicted molar refractivity (Wildman–Crippen MR) is 76.3 cm³/mol. The Kier molecular flexibility index (Phi) is 6.41. The summed E-state index contributed by atoms with van der Waals surface area (Å²) in [4.78, 5) is 2.16. The van der Waals surface area contributed by atoms with Crippen LogP contribution in [0.3, 0.4) is 0 Å². The molecule has 1 atom stereocenters. The van der Waals surface area contributed by atoms with Crippen molar-refractivity contribution in [3.05, 3.63) is 35.1 Å². The lowest BCUT2D eigenvalue weighted by atomic mass is 10.1. The molecule has 0 saturated carbocycles. The van der Waals surface area contributed by atoms with Crippen LogP contribution < -0.4 is 5.73 Å². The van der Waals surface area contributed by atoms with Crippen molar-refractivity contribution in [3.63, 3.8) is 0 Å². The van der Waals surface area contributed by atoms with E-state index in [0.717, 1.165) is 12.1 Å². The summed E-state index contributed by atoms with van der Waals surface area (Å²) in [5.41, 5.74) is 6.65. The number of benzene rings is 1. The third kappa shape index (κ3) is 4.47. The molecule has 1 rings (SSSR count). The van der Waals surface area contributed by atoms with E-state index in [2.05, 4.69) is 17.0 Å². The second kappa shape index (κ2) is 7.81. The Morgan fingerprint density at radius 3 is 2.75 bits per heavy atom. The predicted octanol–water partition coefficient (Wildman–Crippen LogP) is 1.78. The number of oxime groups is 1. The van der Waals surface area contributed by atoms with E-state index in [4.69, 9.17) is 15.7 Å². The van der Waals surface area contributed by atoms with Gasteiger partial charge in [-0.3, -0.25) is 4.90 Å². The molecule has 1 aromatic rings. The molecule has 5 nitrogen and oxygen atoms in total. The first kappa shape index (κ1) is 16.4. The number of likely N-dealkylation sites (N-methyl/N-ethyl adjacent to an activating group) is 1. The lowest BCUT2D eigenvalue weighted by Crippen LogP contribution is -2.35. The maximum absolute atomic E-state index is 13.6. The molecule has 0 amide bonds. The minimum atomic E-state index is -0.403. The van der Waals surface area contributed by atoms with E-state index in [1.54, 1.807) is 13.2 Å². The zero-order valence-corrected chi connectivity index (χ0v) is 12.1. The largest absolute Gasteiger partial charge is 0.409 e. The molecule has 0 fully saturated rings. The van der Waals surface area contributed by atoms with E-state index in [1.165, 1.54) is 12.1 Å². The Bertz CT molecular complexity index is 466. The molecule has 0 radical (unpaired) electrons. The number of rotatable bonds is 7. The van der Waals surface area contributed by atoms with Crippen LogP contribution in [0.2, 0.25) is 0 Å². The van der Waals surface area contributed by atoms with Gasteiger partial charge < -0.3 is 15.7 Å². The number of hydrogen-bond donors (Lipinski definition) is 2. The molecule has 0 bridgehead atoms. The van der Waals surface area contributed by atoms with Gasteiger partial charge in [-0.1, -0.05) is 12.1 Å². The van der Waals surface area contributed by atoms with Crippen LogP contribution in [0.1, 0.15) is 25.0 Å². The minimum Gasteiger partial charge on any atom is -0.409 e. The monoisotopic (exact) mass is 283 g/mol. The van der Waals surface area contributed by atoms with Gasteiger partial charge in [0.15, 0.2) is 5.84 Å². The molecule has 1 aromatic carbocycles. The van der Waals surface area contributed by atoms with E-state index in [-0.39, 0.29) is 11.9 Å². The molecular formula is C14H22FN3O2. The molecule has 20 heavy (non-hydrogen) atoms. The summed E-state index contributed by atoms with van der Waals surface area (Å²) < 4.78 is 18.7. The summed E-state index contributed by atoms with van der Waals surface area (Å²) in [7, 11) is 1.66. The van der Waals surface area contributed by atoms with Gasteiger partial charge in [-0.05, 0) is 37.2 Å². The Hall–Kier alpha value is -1.66. The van der Waals surface area contributed by atoms with Crippen molar-refractivity contribution in [2.45, 2.75) is 26.4 Å². The second-order valence-corrected chi connectivity index (χ2v) is 4.70. The Morgan fingerprint density at radius 2 is 2.20 bits per heavy atom. The quantitative estimate of drug-likeness (QED) is 0.346. The summed E-state index contributed by atoms with van der Waals surface area (Å²) in [6, 6.07) is 4.64. The van der Waals surface area contributed by atoms with Crippen molar-refractivity contribution >= 4 is 5.84 Å². The standard InChI is InChI=1S/C14H22FN3O2/c1-4-18(10(2)9-20-3)8-11-5-12(14(16)17-19)7-13(15)6-11/h5-7,10,19H,4,8-9H2,1-3H3,(H2,16,17). The van der Waals surface area contributed by atoms with Crippen LogP contribution in [0.5, 0.6) is 0 Å². The van der Waals surface area contributed by atoms with Crippen LogP contribution in [-0.4, -0.2) is 42.2 Å². The van der Waals surface area contributed by atoms with Crippen molar-refractivity contribution < 1.29 is 14.3 Å². The van der Waals surface area contributed by atoms with Crippen molar-refractivity contribution in [2.24, 2.45) is 10.9 Å². The van der Waals surface area contributed by atoms with Gasteiger partial charge >= 0.3 is 0 Å². The zero-order chi connectivity index (χ0) is 15.1. The van der Waals surface area contributed by atoms with Crippen LogP contribution in [0.25, 0.3) is 0 Å². The molecule has 6 heteroatoms. The smallest absolute Gasteiger partial charge is 0.170 e. The maximum atomic E-state index is 13.6. The average molecular weight is 283 g/mol. The number of amidine groups is 1. The second-order valence-electron chi connectivity index (χ2n) is 4.70. The van der Waals surface area contributed by atoms with Crippen molar-refractivity contribution in [1.82, 2.24) is 4.90 Å². The van der Waals surface area contributed by atoms with Crippen LogP contribution in [0, 0.1) is 5.82 Å². The number of hydrogen-bond acceptors (Lipinski definition) is 4. The highest BCUT2D eigenvalue weighted by atomic mass is 19.1. The molecule has 112 valence electrons. The summed E-state index contributed by atoms with van der Waals surface area (Å²) in [5, 5.41) is 11.6. The van der Waals surface area contributed by atoms with Gasteiger partial charge in [0.25, 0.3) is 0 Å². The van der Waals surface area contributed by atoms with E-state index >= 15 is 0 Å². The summed E-state index contributed by atoms with van der Waals surface area (Å²) >= 11 is 0. The first-order chi connectivity index (χ1) is 9.51. The van der Waals surface area contributed by atoms with Gasteiger partial charge in [0.2, 0.25) is 0 Å². The normalized spacial score (nSPS) is 13.8. The first-order valence-corrected chi connectivity index (χ1v) is 6.52. The van der Waals surface area contributed by atoms with Gasteiger partial charge in [0.05, 0.1) is 6.61 Å². The van der Waals surface area contributed by atoms with E-state index in [9.17, 15) is 4.39 Å². The number of nitrogens with two attached hydrogens (primary N) is 1. The summed E-state index contributed by atoms with van der Waals surface area (Å²) in [5.74, 6) is -0.502. The maximum Gasteiger partial charge on any atom is 0.170 e. The van der Waals surface area contributed by atoms with Gasteiger partial charge in [-0.2, -0.15) is 0 Å². The van der Waals surface area contributed by atoms with Crippen molar-refractivity contribution in [3.8, 4) is 0 Å². The molecule has 0 spiro atoms. The number of ether oxygens (including phenoxy) is 1. The average Bonchev–Trinajstić information content (AvgIpc) is 2.43. The molecule has 0 aliphatic carbocycles. The summed E-state index contributed by atoms with van der Waals surface area (Å²) in [6.45, 7) is 6.09. The lowest BCUT2D eigenvalue weighted by molar-refractivity contribution is 0.0981. The zero-order valence-electron chi connectivity index (χ0n) is 12.1. The number of methoxy groups -OCH3 is 1. The van der Waals surface area contributed by atoms with Crippen LogP contribution in [0.15, 0.2) is 23.4 Å². The van der Waals surface area contributed by atoms with E-state index < -0.39 is 5.82 Å². The molecular weight excluding hydrogens is 261 g/mol. The van der Waals surface area contributed by atoms with Crippen LogP contribution >= 0.6 is 0 Å². The van der Waals surface area contributed by atoms with E-state index in [0.29, 0.717) is 18.7 Å². The fraction of sp³-hybridized carbons (Fsp3) is 0.500. The highest BCUT2D eigenvalue weighted by Crippen LogP contribution is 2.13. The topological polar surface area (TPSA) is 71.1 Å². The highest BCUT2D eigenvalue weighted by Gasteiger charge is 2.13. The molecule has 0 heterocycles. The Morgan fingerprint density at radius 1 is 1.50 bits per heavy atom. The van der Waals surface area contributed by atoms with Gasteiger partial charge in [0.1, 0.15) is 5.82 Å². The fourth-order valence-corrected chi connectivity index (χ4v) is 2.11. The minimum absolute atomic E-state index is 0.0984. The number of nitrogens with zero attached hydrogens (tertiary/aromatic N) is 2.